The van der Waals surface area contributed by atoms with Gasteiger partial charge in [0.05, 0.1) is 26.4 Å². The summed E-state index contributed by atoms with van der Waals surface area (Å²) in [6.45, 7) is 9.38. The van der Waals surface area contributed by atoms with Gasteiger partial charge in [0.2, 0.25) is 0 Å². The van der Waals surface area contributed by atoms with Crippen molar-refractivity contribution in [1.82, 2.24) is 0 Å². The Bertz CT molecular complexity index is 1630. The largest absolute Gasteiger partial charge is 0.472 e. The van der Waals surface area contributed by atoms with E-state index >= 15 is 0 Å². The maximum Gasteiger partial charge on any atom is 0.472 e. The lowest BCUT2D eigenvalue weighted by molar-refractivity contribution is -0.161. The van der Waals surface area contributed by atoms with Crippen LogP contribution >= 0.6 is 15.6 Å². The standard InChI is InChI=1S/C64H124O17P2/c1-7-9-11-13-15-16-17-18-19-20-23-30-36-42-48-63(68)80-60(53-75-62(67)47-41-35-29-24-21-22-27-32-38-44-56(3)4)55-79-83(72,73)77-51-58(65)50-76-82(70,71)78-54-59(52-74-61(66)46-40-34-26-14-12-10-8-2)81-64(69)49-43-37-31-25-28-33-39-45-57(5)6/h56-60,65H,7-55H2,1-6H3,(H,70,71)(H,72,73)/t58-,59+,60+/m0/s1. The number of aliphatic hydroxyl groups excluding tert-OH is 1. The molecule has 2 unspecified atom stereocenters. The van der Waals surface area contributed by atoms with Gasteiger partial charge >= 0.3 is 39.5 Å². The molecule has 3 N–H and O–H groups in total. The SMILES string of the molecule is CCCCCCCCCCCCCCCCC(=O)O[C@H](COC(=O)CCCCCCCCCCCC(C)C)COP(=O)(O)OC[C@@H](O)COP(=O)(O)OC[C@@H](COC(=O)CCCCCCCCC)OC(=O)CCCCCCCCCC(C)C. The highest BCUT2D eigenvalue weighted by molar-refractivity contribution is 7.47. The van der Waals surface area contributed by atoms with E-state index in [2.05, 4.69) is 41.5 Å². The number of phosphoric acid groups is 2. The number of hydrogen-bond acceptors (Lipinski definition) is 15. The number of ether oxygens (including phenoxy) is 4. The van der Waals surface area contributed by atoms with Crippen molar-refractivity contribution in [2.24, 2.45) is 11.8 Å². The van der Waals surface area contributed by atoms with E-state index in [4.69, 9.17) is 37.0 Å². The highest BCUT2D eigenvalue weighted by atomic mass is 31.2. The number of rotatable bonds is 63. The first-order valence-corrected chi connectivity index (χ1v) is 36.5. The third-order valence-corrected chi connectivity index (χ3v) is 16.6. The maximum atomic E-state index is 13.0. The maximum absolute atomic E-state index is 13.0. The van der Waals surface area contributed by atoms with Crippen LogP contribution in [0.15, 0.2) is 0 Å². The molecular formula is C64H124O17P2. The van der Waals surface area contributed by atoms with Crippen LogP contribution in [0.4, 0.5) is 0 Å². The summed E-state index contributed by atoms with van der Waals surface area (Å²) in [6, 6.07) is 0. The molecule has 0 aromatic rings. The van der Waals surface area contributed by atoms with E-state index < -0.39 is 97.5 Å². The van der Waals surface area contributed by atoms with E-state index in [0.29, 0.717) is 31.6 Å². The van der Waals surface area contributed by atoms with Crippen LogP contribution < -0.4 is 0 Å². The number of hydrogen-bond donors (Lipinski definition) is 3. The van der Waals surface area contributed by atoms with Gasteiger partial charge in [0, 0.05) is 25.7 Å². The van der Waals surface area contributed by atoms with Crippen LogP contribution in [0.2, 0.25) is 0 Å². The first kappa shape index (κ1) is 81.1. The molecule has 0 aliphatic rings. The summed E-state index contributed by atoms with van der Waals surface area (Å²) in [5, 5.41) is 10.5. The molecule has 0 saturated heterocycles. The van der Waals surface area contributed by atoms with Gasteiger partial charge in [-0.15, -0.1) is 0 Å². The van der Waals surface area contributed by atoms with E-state index in [0.717, 1.165) is 109 Å². The molecule has 0 fully saturated rings. The molecule has 0 aliphatic carbocycles. The Kier molecular flexibility index (Phi) is 55.2. The minimum atomic E-state index is -4.94. The Labute approximate surface area is 505 Å². The van der Waals surface area contributed by atoms with Crippen molar-refractivity contribution in [2.45, 2.75) is 336 Å². The first-order chi connectivity index (χ1) is 39.9. The van der Waals surface area contributed by atoms with Crippen LogP contribution in [-0.2, 0) is 65.4 Å². The van der Waals surface area contributed by atoms with Gasteiger partial charge in [0.25, 0.3) is 0 Å². The van der Waals surface area contributed by atoms with Gasteiger partial charge in [-0.05, 0) is 37.5 Å². The van der Waals surface area contributed by atoms with Crippen LogP contribution in [0, 0.1) is 11.8 Å². The van der Waals surface area contributed by atoms with Crippen molar-refractivity contribution < 1.29 is 80.2 Å². The fraction of sp³-hybridized carbons (Fsp3) is 0.938. The number of carbonyl (C=O) groups is 4. The number of carbonyl (C=O) groups excluding carboxylic acids is 4. The molecule has 0 amide bonds. The molecule has 0 bridgehead atoms. The molecule has 0 aromatic carbocycles. The molecule has 0 saturated carbocycles. The fourth-order valence-electron chi connectivity index (χ4n) is 9.53. The highest BCUT2D eigenvalue weighted by Crippen LogP contribution is 2.45. The zero-order valence-electron chi connectivity index (χ0n) is 53.5. The lowest BCUT2D eigenvalue weighted by atomic mass is 10.0. The van der Waals surface area contributed by atoms with Crippen molar-refractivity contribution in [3.8, 4) is 0 Å². The molecular weight excluding hydrogens is 1100 g/mol. The number of esters is 4. The van der Waals surface area contributed by atoms with Crippen molar-refractivity contribution >= 4 is 39.5 Å². The molecule has 5 atom stereocenters. The molecule has 17 nitrogen and oxygen atoms in total. The van der Waals surface area contributed by atoms with Crippen LogP contribution in [0.1, 0.15) is 318 Å². The van der Waals surface area contributed by atoms with Crippen LogP contribution in [0.3, 0.4) is 0 Å². The average molecular weight is 1230 g/mol. The Morgan fingerprint density at radius 2 is 0.554 bits per heavy atom. The van der Waals surface area contributed by atoms with Crippen molar-refractivity contribution in [3.63, 3.8) is 0 Å². The second kappa shape index (κ2) is 56.6. The number of phosphoric ester groups is 2. The third kappa shape index (κ3) is 58.8. The van der Waals surface area contributed by atoms with Gasteiger partial charge in [0.15, 0.2) is 12.2 Å². The van der Waals surface area contributed by atoms with E-state index in [1.165, 1.54) is 122 Å². The average Bonchev–Trinajstić information content (AvgIpc) is 3.45. The second-order valence-electron chi connectivity index (χ2n) is 24.1. The van der Waals surface area contributed by atoms with E-state index in [1.54, 1.807) is 0 Å². The van der Waals surface area contributed by atoms with Crippen molar-refractivity contribution in [1.29, 1.82) is 0 Å². The molecule has 0 heterocycles. The summed E-state index contributed by atoms with van der Waals surface area (Å²) in [7, 11) is -9.88. The Morgan fingerprint density at radius 1 is 0.325 bits per heavy atom. The fourth-order valence-corrected chi connectivity index (χ4v) is 11.1. The van der Waals surface area contributed by atoms with Gasteiger partial charge in [-0.1, -0.05) is 266 Å². The Morgan fingerprint density at radius 3 is 0.819 bits per heavy atom. The molecule has 0 aromatic heterocycles. The topological polar surface area (TPSA) is 237 Å². The molecule has 0 radical (unpaired) electrons. The van der Waals surface area contributed by atoms with Gasteiger partial charge in [0.1, 0.15) is 19.3 Å². The van der Waals surface area contributed by atoms with E-state index in [-0.39, 0.29) is 25.7 Å². The number of unbranched alkanes of at least 4 members (excludes halogenated alkanes) is 33. The lowest BCUT2D eigenvalue weighted by Gasteiger charge is -2.21. The quantitative estimate of drug-likeness (QED) is 0.0222. The van der Waals surface area contributed by atoms with Crippen LogP contribution in [-0.4, -0.2) is 96.7 Å². The minimum absolute atomic E-state index is 0.103. The Balaban J connectivity index is 5.22. The van der Waals surface area contributed by atoms with Gasteiger partial charge in [-0.2, -0.15) is 0 Å². The summed E-state index contributed by atoms with van der Waals surface area (Å²) in [6.07, 6.45) is 39.1. The summed E-state index contributed by atoms with van der Waals surface area (Å²) < 4.78 is 67.9. The van der Waals surface area contributed by atoms with E-state index in [9.17, 15) is 43.2 Å². The molecule has 0 spiro atoms. The first-order valence-electron chi connectivity index (χ1n) is 33.5. The molecule has 83 heavy (non-hydrogen) atoms. The molecule has 0 rings (SSSR count). The van der Waals surface area contributed by atoms with Gasteiger partial charge in [-0.3, -0.25) is 37.3 Å². The predicted octanol–water partition coefficient (Wildman–Crippen LogP) is 17.7. The highest BCUT2D eigenvalue weighted by Gasteiger charge is 2.30. The smallest absolute Gasteiger partial charge is 0.462 e. The second-order valence-corrected chi connectivity index (χ2v) is 27.0. The van der Waals surface area contributed by atoms with Crippen molar-refractivity contribution in [3.05, 3.63) is 0 Å². The zero-order valence-corrected chi connectivity index (χ0v) is 55.3. The minimum Gasteiger partial charge on any atom is -0.462 e. The van der Waals surface area contributed by atoms with E-state index in [1.807, 2.05) is 0 Å². The third-order valence-electron chi connectivity index (χ3n) is 14.7. The molecule has 0 aliphatic heterocycles. The van der Waals surface area contributed by atoms with Crippen molar-refractivity contribution in [2.75, 3.05) is 39.6 Å². The Hall–Kier alpha value is -1.94. The summed E-state index contributed by atoms with van der Waals surface area (Å²) >= 11 is 0. The predicted molar refractivity (Wildman–Crippen MR) is 331 cm³/mol. The van der Waals surface area contributed by atoms with Crippen LogP contribution in [0.5, 0.6) is 0 Å². The zero-order chi connectivity index (χ0) is 61.5. The normalized spacial score (nSPS) is 14.3. The van der Waals surface area contributed by atoms with Crippen LogP contribution in [0.25, 0.3) is 0 Å². The summed E-state index contributed by atoms with van der Waals surface area (Å²) in [5.74, 6) is -0.699. The van der Waals surface area contributed by atoms with Gasteiger partial charge in [-0.25, -0.2) is 9.13 Å². The molecule has 19 heteroatoms. The number of aliphatic hydroxyl groups is 1. The lowest BCUT2D eigenvalue weighted by Crippen LogP contribution is -2.30. The monoisotopic (exact) mass is 1230 g/mol. The molecule has 492 valence electrons. The summed E-state index contributed by atoms with van der Waals surface area (Å²) in [4.78, 5) is 72.1. The summed E-state index contributed by atoms with van der Waals surface area (Å²) in [5.41, 5.74) is 0. The van der Waals surface area contributed by atoms with Gasteiger partial charge < -0.3 is 33.8 Å².